The summed E-state index contributed by atoms with van der Waals surface area (Å²) in [6.07, 6.45) is 55.2. The van der Waals surface area contributed by atoms with Crippen molar-refractivity contribution < 1.29 is 28.6 Å². The van der Waals surface area contributed by atoms with Crippen molar-refractivity contribution in [2.75, 3.05) is 13.2 Å². The van der Waals surface area contributed by atoms with Crippen LogP contribution in [0.2, 0.25) is 0 Å². The van der Waals surface area contributed by atoms with E-state index in [1.165, 1.54) is 218 Å². The molecule has 67 heavy (non-hydrogen) atoms. The summed E-state index contributed by atoms with van der Waals surface area (Å²) in [4.78, 5) is 38.2. The second-order valence-corrected chi connectivity index (χ2v) is 21.9. The molecule has 6 nitrogen and oxygen atoms in total. The number of carbonyl (C=O) groups excluding carboxylic acids is 3. The van der Waals surface area contributed by atoms with Gasteiger partial charge in [0.1, 0.15) is 13.2 Å². The predicted octanol–water partition coefficient (Wildman–Crippen LogP) is 19.9. The van der Waals surface area contributed by atoms with E-state index in [-0.39, 0.29) is 31.1 Å². The Hall–Kier alpha value is -1.59. The monoisotopic (exact) mass is 947 g/mol. The maximum atomic E-state index is 12.9. The fourth-order valence-corrected chi connectivity index (χ4v) is 9.29. The lowest BCUT2D eigenvalue weighted by Gasteiger charge is -2.18. The van der Waals surface area contributed by atoms with E-state index < -0.39 is 6.10 Å². The molecule has 2 unspecified atom stereocenters. The molecule has 0 aromatic rings. The van der Waals surface area contributed by atoms with Crippen LogP contribution < -0.4 is 0 Å². The van der Waals surface area contributed by atoms with Crippen LogP contribution in [0, 0.1) is 17.8 Å². The molecule has 0 aromatic carbocycles. The molecule has 0 aromatic heterocycles. The summed E-state index contributed by atoms with van der Waals surface area (Å²) < 4.78 is 16.9. The smallest absolute Gasteiger partial charge is 0.306 e. The van der Waals surface area contributed by atoms with Crippen molar-refractivity contribution in [3.8, 4) is 0 Å². The average molecular weight is 948 g/mol. The van der Waals surface area contributed by atoms with Crippen molar-refractivity contribution >= 4 is 17.9 Å². The zero-order valence-electron chi connectivity index (χ0n) is 46.2. The maximum Gasteiger partial charge on any atom is 0.306 e. The highest BCUT2D eigenvalue weighted by Gasteiger charge is 2.19. The van der Waals surface area contributed by atoms with Crippen LogP contribution in [0.5, 0.6) is 0 Å². The lowest BCUT2D eigenvalue weighted by atomic mass is 9.99. The molecule has 0 rings (SSSR count). The minimum absolute atomic E-state index is 0.0635. The SMILES string of the molecule is CCC(C)CCCCCCCCCCCCCCCCC(=O)OC[C@@H](COC(=O)CCCCCCCCCCC(C)CC)OC(=O)CCCCCCCCCCCCCCCCCCC(C)C. The summed E-state index contributed by atoms with van der Waals surface area (Å²) in [7, 11) is 0. The van der Waals surface area contributed by atoms with Gasteiger partial charge in [-0.1, -0.05) is 298 Å². The molecule has 0 radical (unpaired) electrons. The van der Waals surface area contributed by atoms with Gasteiger partial charge in [-0.15, -0.1) is 0 Å². The Labute approximate surface area is 418 Å². The Morgan fingerprint density at radius 1 is 0.299 bits per heavy atom. The Balaban J connectivity index is 4.28. The fourth-order valence-electron chi connectivity index (χ4n) is 9.29. The van der Waals surface area contributed by atoms with Gasteiger partial charge >= 0.3 is 17.9 Å². The molecule has 0 aliphatic rings. The predicted molar refractivity (Wildman–Crippen MR) is 289 cm³/mol. The third kappa shape index (κ3) is 52.1. The van der Waals surface area contributed by atoms with Crippen molar-refractivity contribution in [1.29, 1.82) is 0 Å². The van der Waals surface area contributed by atoms with E-state index >= 15 is 0 Å². The largest absolute Gasteiger partial charge is 0.462 e. The van der Waals surface area contributed by atoms with E-state index in [1.807, 2.05) is 0 Å². The maximum absolute atomic E-state index is 12.9. The van der Waals surface area contributed by atoms with E-state index in [1.54, 1.807) is 0 Å². The summed E-state index contributed by atoms with van der Waals surface area (Å²) in [6.45, 7) is 13.8. The van der Waals surface area contributed by atoms with E-state index in [4.69, 9.17) is 14.2 Å². The van der Waals surface area contributed by atoms with E-state index in [2.05, 4.69) is 41.5 Å². The molecule has 0 heterocycles. The van der Waals surface area contributed by atoms with Gasteiger partial charge in [0.25, 0.3) is 0 Å². The van der Waals surface area contributed by atoms with Crippen LogP contribution in [-0.4, -0.2) is 37.2 Å². The lowest BCUT2D eigenvalue weighted by Crippen LogP contribution is -2.30. The van der Waals surface area contributed by atoms with E-state index in [0.29, 0.717) is 19.3 Å². The average Bonchev–Trinajstić information content (AvgIpc) is 3.31. The molecule has 0 N–H and O–H groups in total. The molecule has 0 saturated heterocycles. The number of unbranched alkanes of at least 4 members (excludes halogenated alkanes) is 35. The summed E-state index contributed by atoms with van der Waals surface area (Å²) >= 11 is 0. The number of hydrogen-bond acceptors (Lipinski definition) is 6. The van der Waals surface area contributed by atoms with E-state index in [0.717, 1.165) is 75.5 Å². The number of carbonyl (C=O) groups is 3. The first-order chi connectivity index (χ1) is 32.7. The number of esters is 3. The van der Waals surface area contributed by atoms with Crippen LogP contribution in [0.25, 0.3) is 0 Å². The summed E-state index contributed by atoms with van der Waals surface area (Å²) in [5.74, 6) is 1.75. The molecular weight excluding hydrogens is 829 g/mol. The first-order valence-electron chi connectivity index (χ1n) is 30.2. The minimum atomic E-state index is -0.764. The highest BCUT2D eigenvalue weighted by atomic mass is 16.6. The topological polar surface area (TPSA) is 78.9 Å². The molecule has 0 fully saturated rings. The molecular formula is C61H118O6. The molecule has 0 spiro atoms. The molecule has 0 bridgehead atoms. The van der Waals surface area contributed by atoms with Crippen molar-refractivity contribution in [1.82, 2.24) is 0 Å². The summed E-state index contributed by atoms with van der Waals surface area (Å²) in [5, 5.41) is 0. The lowest BCUT2D eigenvalue weighted by molar-refractivity contribution is -0.167. The van der Waals surface area contributed by atoms with Crippen molar-refractivity contribution in [2.45, 2.75) is 343 Å². The van der Waals surface area contributed by atoms with Gasteiger partial charge < -0.3 is 14.2 Å². The van der Waals surface area contributed by atoms with Crippen molar-refractivity contribution in [3.05, 3.63) is 0 Å². The Bertz CT molecular complexity index is 1040. The van der Waals surface area contributed by atoms with Gasteiger partial charge in [-0.25, -0.2) is 0 Å². The first-order valence-corrected chi connectivity index (χ1v) is 30.2. The normalized spacial score (nSPS) is 12.9. The molecule has 3 atom stereocenters. The van der Waals surface area contributed by atoms with Gasteiger partial charge in [-0.2, -0.15) is 0 Å². The Kier molecular flexibility index (Phi) is 51.0. The van der Waals surface area contributed by atoms with Gasteiger partial charge in [0, 0.05) is 19.3 Å². The minimum Gasteiger partial charge on any atom is -0.462 e. The second-order valence-electron chi connectivity index (χ2n) is 21.9. The first kappa shape index (κ1) is 65.4. The van der Waals surface area contributed by atoms with Crippen molar-refractivity contribution in [2.24, 2.45) is 17.8 Å². The molecule has 0 saturated carbocycles. The summed E-state index contributed by atoms with van der Waals surface area (Å²) in [5.41, 5.74) is 0. The number of rotatable bonds is 54. The molecule has 0 aliphatic heterocycles. The highest BCUT2D eigenvalue weighted by Crippen LogP contribution is 2.19. The second kappa shape index (κ2) is 52.2. The zero-order chi connectivity index (χ0) is 49.1. The molecule has 398 valence electrons. The van der Waals surface area contributed by atoms with Crippen LogP contribution >= 0.6 is 0 Å². The van der Waals surface area contributed by atoms with Gasteiger partial charge in [-0.3, -0.25) is 14.4 Å². The number of hydrogen-bond donors (Lipinski definition) is 0. The fraction of sp³-hybridized carbons (Fsp3) is 0.951. The molecule has 0 amide bonds. The van der Waals surface area contributed by atoms with Gasteiger partial charge in [0.15, 0.2) is 6.10 Å². The highest BCUT2D eigenvalue weighted by molar-refractivity contribution is 5.71. The van der Waals surface area contributed by atoms with Crippen LogP contribution in [0.15, 0.2) is 0 Å². The Morgan fingerprint density at radius 3 is 0.776 bits per heavy atom. The third-order valence-corrected chi connectivity index (χ3v) is 14.6. The number of ether oxygens (including phenoxy) is 3. The van der Waals surface area contributed by atoms with Crippen LogP contribution in [0.1, 0.15) is 337 Å². The van der Waals surface area contributed by atoms with E-state index in [9.17, 15) is 14.4 Å². The van der Waals surface area contributed by atoms with Crippen molar-refractivity contribution in [3.63, 3.8) is 0 Å². The quantitative estimate of drug-likeness (QED) is 0.0343. The van der Waals surface area contributed by atoms with Gasteiger partial charge in [0.05, 0.1) is 0 Å². The summed E-state index contributed by atoms with van der Waals surface area (Å²) in [6, 6.07) is 0. The standard InChI is InChI=1S/C61H118O6/c1-7-56(5)48-42-36-30-24-20-16-13-14-17-21-25-32-38-44-50-59(62)65-53-58(54-66-60(63)51-45-39-33-28-27-31-37-43-49-57(6)8-2)67-61(64)52-46-40-34-26-22-18-12-10-9-11-15-19-23-29-35-41-47-55(3)4/h55-58H,7-54H2,1-6H3/t56?,57?,58-/m0/s1. The van der Waals surface area contributed by atoms with Gasteiger partial charge in [0.2, 0.25) is 0 Å². The molecule has 0 aliphatic carbocycles. The van der Waals surface area contributed by atoms with Crippen LogP contribution in [0.3, 0.4) is 0 Å². The zero-order valence-corrected chi connectivity index (χ0v) is 46.2. The van der Waals surface area contributed by atoms with Crippen LogP contribution in [0.4, 0.5) is 0 Å². The third-order valence-electron chi connectivity index (χ3n) is 14.6. The van der Waals surface area contributed by atoms with Crippen LogP contribution in [-0.2, 0) is 28.6 Å². The van der Waals surface area contributed by atoms with Gasteiger partial charge in [-0.05, 0) is 37.0 Å². The Morgan fingerprint density at radius 2 is 0.522 bits per heavy atom. The molecule has 6 heteroatoms.